The SMILES string of the molecule is CSc1ccc(C(Cc2cc(F)cc(Br)c2)NN)cc1. The molecule has 2 rings (SSSR count). The summed E-state index contributed by atoms with van der Waals surface area (Å²) in [5.74, 6) is 5.39. The fourth-order valence-electron chi connectivity index (χ4n) is 2.07. The van der Waals surface area contributed by atoms with Gasteiger partial charge in [0.15, 0.2) is 0 Å². The Morgan fingerprint density at radius 1 is 1.25 bits per heavy atom. The molecule has 0 bridgehead atoms. The normalized spacial score (nSPS) is 12.4. The Kier molecular flexibility index (Phi) is 5.60. The molecule has 1 atom stereocenters. The van der Waals surface area contributed by atoms with Crippen LogP contribution in [0.15, 0.2) is 51.8 Å². The summed E-state index contributed by atoms with van der Waals surface area (Å²) < 4.78 is 14.1. The van der Waals surface area contributed by atoms with Crippen LogP contribution in [-0.2, 0) is 6.42 Å². The van der Waals surface area contributed by atoms with E-state index in [0.29, 0.717) is 6.42 Å². The second-order valence-corrected chi connectivity index (χ2v) is 6.27. The summed E-state index contributed by atoms with van der Waals surface area (Å²) in [7, 11) is 0. The van der Waals surface area contributed by atoms with Crippen molar-refractivity contribution in [1.82, 2.24) is 5.43 Å². The van der Waals surface area contributed by atoms with E-state index >= 15 is 0 Å². The molecule has 0 saturated carbocycles. The van der Waals surface area contributed by atoms with Crippen molar-refractivity contribution in [2.75, 3.05) is 6.26 Å². The van der Waals surface area contributed by atoms with E-state index in [1.54, 1.807) is 11.8 Å². The van der Waals surface area contributed by atoms with Crippen LogP contribution in [-0.4, -0.2) is 6.26 Å². The molecule has 106 valence electrons. The van der Waals surface area contributed by atoms with E-state index < -0.39 is 0 Å². The van der Waals surface area contributed by atoms with Gasteiger partial charge in [0.05, 0.1) is 0 Å². The average molecular weight is 355 g/mol. The van der Waals surface area contributed by atoms with Crippen LogP contribution in [0.3, 0.4) is 0 Å². The monoisotopic (exact) mass is 354 g/mol. The lowest BCUT2D eigenvalue weighted by Crippen LogP contribution is -2.29. The van der Waals surface area contributed by atoms with Gasteiger partial charge in [-0.05, 0) is 54.1 Å². The summed E-state index contributed by atoms with van der Waals surface area (Å²) >= 11 is 5.00. The maximum atomic E-state index is 13.4. The summed E-state index contributed by atoms with van der Waals surface area (Å²) in [4.78, 5) is 1.21. The number of hydrogen-bond donors (Lipinski definition) is 2. The highest BCUT2D eigenvalue weighted by molar-refractivity contribution is 9.10. The molecule has 0 aromatic heterocycles. The van der Waals surface area contributed by atoms with E-state index in [1.165, 1.54) is 17.0 Å². The summed E-state index contributed by atoms with van der Waals surface area (Å²) in [5, 5.41) is 0. The highest BCUT2D eigenvalue weighted by Gasteiger charge is 2.11. The number of hydrazine groups is 1. The standard InChI is InChI=1S/C15H16BrFN2S/c1-20-14-4-2-11(3-5-14)15(19-18)8-10-6-12(16)9-13(17)7-10/h2-7,9,15,19H,8,18H2,1H3. The van der Waals surface area contributed by atoms with Gasteiger partial charge >= 0.3 is 0 Å². The molecule has 0 fully saturated rings. The lowest BCUT2D eigenvalue weighted by atomic mass is 9.99. The minimum absolute atomic E-state index is 0.0420. The van der Waals surface area contributed by atoms with Crippen molar-refractivity contribution in [3.05, 3.63) is 63.9 Å². The number of hydrogen-bond acceptors (Lipinski definition) is 3. The van der Waals surface area contributed by atoms with E-state index in [9.17, 15) is 4.39 Å². The second-order valence-electron chi connectivity index (χ2n) is 4.47. The van der Waals surface area contributed by atoms with Gasteiger partial charge in [-0.2, -0.15) is 0 Å². The first-order valence-corrected chi connectivity index (χ1v) is 8.19. The maximum Gasteiger partial charge on any atom is 0.124 e. The number of rotatable bonds is 5. The summed E-state index contributed by atoms with van der Waals surface area (Å²) in [6, 6.07) is 13.1. The lowest BCUT2D eigenvalue weighted by molar-refractivity contribution is 0.548. The quantitative estimate of drug-likeness (QED) is 0.483. The molecular formula is C15H16BrFN2S. The Morgan fingerprint density at radius 3 is 2.50 bits per heavy atom. The molecule has 0 aliphatic carbocycles. The summed E-state index contributed by atoms with van der Waals surface area (Å²) in [6.45, 7) is 0. The zero-order valence-electron chi connectivity index (χ0n) is 11.1. The van der Waals surface area contributed by atoms with Gasteiger partial charge in [-0.3, -0.25) is 11.3 Å². The van der Waals surface area contributed by atoms with Crippen LogP contribution in [0, 0.1) is 5.82 Å². The van der Waals surface area contributed by atoms with Crippen molar-refractivity contribution >= 4 is 27.7 Å². The van der Waals surface area contributed by atoms with E-state index in [1.807, 2.05) is 24.5 Å². The minimum Gasteiger partial charge on any atom is -0.271 e. The Morgan fingerprint density at radius 2 is 1.95 bits per heavy atom. The number of benzene rings is 2. The van der Waals surface area contributed by atoms with Crippen LogP contribution in [0.25, 0.3) is 0 Å². The van der Waals surface area contributed by atoms with Gasteiger partial charge in [-0.25, -0.2) is 4.39 Å². The van der Waals surface area contributed by atoms with Crippen LogP contribution < -0.4 is 11.3 Å². The molecular weight excluding hydrogens is 339 g/mol. The van der Waals surface area contributed by atoms with Crippen molar-refractivity contribution in [3.63, 3.8) is 0 Å². The Labute approximate surface area is 131 Å². The first kappa shape index (κ1) is 15.5. The van der Waals surface area contributed by atoms with Crippen molar-refractivity contribution in [2.45, 2.75) is 17.4 Å². The fraction of sp³-hybridized carbons (Fsp3) is 0.200. The highest BCUT2D eigenvalue weighted by atomic mass is 79.9. The highest BCUT2D eigenvalue weighted by Crippen LogP contribution is 2.23. The molecule has 0 aliphatic rings. The Bertz CT molecular complexity index is 554. The third kappa shape index (κ3) is 4.06. The second kappa shape index (κ2) is 7.22. The minimum atomic E-state index is -0.247. The average Bonchev–Trinajstić information content (AvgIpc) is 2.44. The number of halogens is 2. The predicted octanol–water partition coefficient (Wildman–Crippen LogP) is 4.06. The smallest absolute Gasteiger partial charge is 0.124 e. The third-order valence-electron chi connectivity index (χ3n) is 3.08. The van der Waals surface area contributed by atoms with Gasteiger partial charge in [-0.15, -0.1) is 11.8 Å². The van der Waals surface area contributed by atoms with Crippen molar-refractivity contribution < 1.29 is 4.39 Å². The third-order valence-corrected chi connectivity index (χ3v) is 4.28. The molecule has 1 unspecified atom stereocenters. The largest absolute Gasteiger partial charge is 0.271 e. The molecule has 0 spiro atoms. The van der Waals surface area contributed by atoms with Crippen LogP contribution >= 0.6 is 27.7 Å². The summed E-state index contributed by atoms with van der Waals surface area (Å²) in [6.07, 6.45) is 2.67. The molecule has 5 heteroatoms. The van der Waals surface area contributed by atoms with Crippen molar-refractivity contribution in [3.8, 4) is 0 Å². The Balaban J connectivity index is 2.19. The van der Waals surface area contributed by atoms with E-state index in [0.717, 1.165) is 15.6 Å². The van der Waals surface area contributed by atoms with Crippen LogP contribution in [0.5, 0.6) is 0 Å². The van der Waals surface area contributed by atoms with Gasteiger partial charge < -0.3 is 0 Å². The molecule has 2 nitrogen and oxygen atoms in total. The van der Waals surface area contributed by atoms with E-state index in [4.69, 9.17) is 5.84 Å². The van der Waals surface area contributed by atoms with Gasteiger partial charge in [0, 0.05) is 15.4 Å². The summed E-state index contributed by atoms with van der Waals surface area (Å²) in [5.41, 5.74) is 4.78. The van der Waals surface area contributed by atoms with Crippen molar-refractivity contribution in [2.24, 2.45) is 5.84 Å². The topological polar surface area (TPSA) is 38.0 Å². The molecule has 20 heavy (non-hydrogen) atoms. The van der Waals surface area contributed by atoms with Gasteiger partial charge in [0.2, 0.25) is 0 Å². The van der Waals surface area contributed by atoms with Crippen LogP contribution in [0.2, 0.25) is 0 Å². The zero-order valence-corrected chi connectivity index (χ0v) is 13.5. The molecule has 2 aromatic carbocycles. The Hall–Kier alpha value is -0.880. The van der Waals surface area contributed by atoms with Crippen LogP contribution in [0.4, 0.5) is 4.39 Å². The lowest BCUT2D eigenvalue weighted by Gasteiger charge is -2.17. The van der Waals surface area contributed by atoms with Crippen LogP contribution in [0.1, 0.15) is 17.2 Å². The molecule has 0 saturated heterocycles. The first-order valence-electron chi connectivity index (χ1n) is 6.17. The number of nitrogens with two attached hydrogens (primary N) is 1. The molecule has 0 aliphatic heterocycles. The fourth-order valence-corrected chi connectivity index (χ4v) is 2.99. The van der Waals surface area contributed by atoms with Gasteiger partial charge in [-0.1, -0.05) is 28.1 Å². The number of nitrogens with one attached hydrogen (secondary N) is 1. The first-order chi connectivity index (χ1) is 9.62. The number of thioether (sulfide) groups is 1. The van der Waals surface area contributed by atoms with E-state index in [-0.39, 0.29) is 11.9 Å². The molecule has 2 aromatic rings. The molecule has 3 N–H and O–H groups in total. The van der Waals surface area contributed by atoms with Crippen molar-refractivity contribution in [1.29, 1.82) is 0 Å². The maximum absolute atomic E-state index is 13.4. The van der Waals surface area contributed by atoms with Gasteiger partial charge in [0.1, 0.15) is 5.82 Å². The zero-order chi connectivity index (χ0) is 14.5. The molecule has 0 heterocycles. The molecule has 0 radical (unpaired) electrons. The molecule has 0 amide bonds. The van der Waals surface area contributed by atoms with Gasteiger partial charge in [0.25, 0.3) is 0 Å². The van der Waals surface area contributed by atoms with E-state index in [2.05, 4.69) is 33.5 Å². The predicted molar refractivity (Wildman–Crippen MR) is 86.1 cm³/mol.